The first-order valence-corrected chi connectivity index (χ1v) is 9.12. The third-order valence-electron chi connectivity index (χ3n) is 5.69. The molecule has 2 saturated heterocycles. The molecule has 0 spiro atoms. The van der Waals surface area contributed by atoms with Gasteiger partial charge >= 0.3 is 11.9 Å². The Morgan fingerprint density at radius 1 is 1.24 bits per heavy atom. The molecule has 2 aliphatic heterocycles. The molecule has 5 rings (SSSR count). The highest BCUT2D eigenvalue weighted by Gasteiger charge is 2.54. The van der Waals surface area contributed by atoms with Crippen molar-refractivity contribution in [2.75, 3.05) is 0 Å². The molecule has 1 aromatic carbocycles. The molecule has 2 heterocycles. The maximum Gasteiger partial charge on any atom is 0.335 e. The van der Waals surface area contributed by atoms with E-state index in [4.69, 9.17) is 14.2 Å². The molecule has 5 unspecified atom stereocenters. The monoisotopic (exact) mass is 344 g/mol. The van der Waals surface area contributed by atoms with E-state index in [1.165, 1.54) is 0 Å². The van der Waals surface area contributed by atoms with Crippen LogP contribution >= 0.6 is 0 Å². The smallest absolute Gasteiger partial charge is 0.335 e. The molecule has 0 N–H and O–H groups in total. The van der Waals surface area contributed by atoms with Gasteiger partial charge in [-0.2, -0.15) is 0 Å². The number of hydrogen-bond acceptors (Lipinski definition) is 5. The molecule has 4 aliphatic rings. The van der Waals surface area contributed by atoms with E-state index < -0.39 is 11.7 Å². The summed E-state index contributed by atoms with van der Waals surface area (Å²) in [6.07, 6.45) is 3.39. The fourth-order valence-corrected chi connectivity index (χ4v) is 4.79. The lowest BCUT2D eigenvalue weighted by molar-refractivity contribution is -0.185. The second-order valence-corrected chi connectivity index (χ2v) is 7.74. The van der Waals surface area contributed by atoms with Crippen LogP contribution in [0.5, 0.6) is 0 Å². The van der Waals surface area contributed by atoms with E-state index in [0.717, 1.165) is 24.8 Å². The highest BCUT2D eigenvalue weighted by Crippen LogP contribution is 2.51. The van der Waals surface area contributed by atoms with Gasteiger partial charge in [-0.1, -0.05) is 30.3 Å². The van der Waals surface area contributed by atoms with Crippen molar-refractivity contribution in [1.29, 1.82) is 0 Å². The van der Waals surface area contributed by atoms with Crippen molar-refractivity contribution in [2.45, 2.75) is 63.4 Å². The average Bonchev–Trinajstić information content (AvgIpc) is 2.74. The maximum absolute atomic E-state index is 12.3. The minimum Gasteiger partial charge on any atom is -0.462 e. The van der Waals surface area contributed by atoms with Crippen molar-refractivity contribution in [3.05, 3.63) is 35.9 Å². The van der Waals surface area contributed by atoms with Crippen molar-refractivity contribution in [2.24, 2.45) is 11.8 Å². The van der Waals surface area contributed by atoms with Gasteiger partial charge in [-0.05, 0) is 44.1 Å². The van der Waals surface area contributed by atoms with Crippen LogP contribution in [0.3, 0.4) is 0 Å². The first-order valence-electron chi connectivity index (χ1n) is 9.12. The highest BCUT2D eigenvalue weighted by molar-refractivity contribution is 5.75. The lowest BCUT2D eigenvalue weighted by Crippen LogP contribution is -2.49. The van der Waals surface area contributed by atoms with Gasteiger partial charge in [0.2, 0.25) is 0 Å². The van der Waals surface area contributed by atoms with Gasteiger partial charge in [0.15, 0.2) is 6.10 Å². The normalized spacial score (nSPS) is 34.3. The lowest BCUT2D eigenvalue weighted by atomic mass is 9.65. The first kappa shape index (κ1) is 16.6. The average molecular weight is 344 g/mol. The molecular formula is C20H24O5. The number of benzene rings is 1. The van der Waals surface area contributed by atoms with Gasteiger partial charge in [-0.15, -0.1) is 0 Å². The topological polar surface area (TPSA) is 61.8 Å². The Balaban J connectivity index is 1.39. The summed E-state index contributed by atoms with van der Waals surface area (Å²) in [5, 5.41) is 0. The number of esters is 2. The lowest BCUT2D eigenvalue weighted by Gasteiger charge is -2.46. The Labute approximate surface area is 147 Å². The van der Waals surface area contributed by atoms with Crippen LogP contribution in [0.1, 0.15) is 44.6 Å². The van der Waals surface area contributed by atoms with Crippen LogP contribution in [0.15, 0.2) is 30.3 Å². The highest BCUT2D eigenvalue weighted by atomic mass is 16.6. The SMILES string of the molecule is CC(OC12CC3CC(C1)OC(=O)C(C3)C2)C(=O)OCc1ccccc1. The van der Waals surface area contributed by atoms with Gasteiger partial charge in [0, 0.05) is 6.42 Å². The van der Waals surface area contributed by atoms with Crippen LogP contribution in [0.4, 0.5) is 0 Å². The summed E-state index contributed by atoms with van der Waals surface area (Å²) in [7, 11) is 0. The molecule has 5 heteroatoms. The molecular weight excluding hydrogens is 320 g/mol. The number of hydrogen-bond donors (Lipinski definition) is 0. The van der Waals surface area contributed by atoms with E-state index in [9.17, 15) is 9.59 Å². The second-order valence-electron chi connectivity index (χ2n) is 7.74. The van der Waals surface area contributed by atoms with E-state index in [1.54, 1.807) is 6.92 Å². The molecule has 134 valence electrons. The maximum atomic E-state index is 12.3. The van der Waals surface area contributed by atoms with Crippen LogP contribution in [0.2, 0.25) is 0 Å². The standard InChI is InChI=1S/C20H24O5/c1-13(18(21)23-12-14-5-3-2-4-6-14)25-20-9-15-7-16(10-20)19(22)24-17(8-15)11-20/h2-6,13,15-17H,7-12H2,1H3. The molecule has 1 aromatic rings. The summed E-state index contributed by atoms with van der Waals surface area (Å²) in [5.41, 5.74) is 0.530. The Bertz CT molecular complexity index is 657. The zero-order valence-corrected chi connectivity index (χ0v) is 14.5. The summed E-state index contributed by atoms with van der Waals surface area (Å²) >= 11 is 0. The summed E-state index contributed by atoms with van der Waals surface area (Å²) in [6, 6.07) is 9.60. The van der Waals surface area contributed by atoms with E-state index in [1.807, 2.05) is 30.3 Å². The number of carbonyl (C=O) groups excluding carboxylic acids is 2. The van der Waals surface area contributed by atoms with Gasteiger partial charge in [-0.3, -0.25) is 4.79 Å². The van der Waals surface area contributed by atoms with E-state index in [0.29, 0.717) is 18.8 Å². The van der Waals surface area contributed by atoms with Crippen molar-refractivity contribution in [3.63, 3.8) is 0 Å². The Kier molecular flexibility index (Phi) is 4.28. The minimum absolute atomic E-state index is 0.0636. The molecule has 0 radical (unpaired) electrons. The van der Waals surface area contributed by atoms with Gasteiger partial charge < -0.3 is 14.2 Å². The van der Waals surface area contributed by atoms with Crippen molar-refractivity contribution < 1.29 is 23.8 Å². The predicted molar refractivity (Wildman–Crippen MR) is 89.5 cm³/mol. The molecule has 5 atom stereocenters. The van der Waals surface area contributed by atoms with E-state index in [-0.39, 0.29) is 30.6 Å². The predicted octanol–water partition coefficient (Wildman–Crippen LogP) is 3.01. The molecule has 4 fully saturated rings. The molecule has 2 aliphatic carbocycles. The number of rotatable bonds is 5. The fourth-order valence-electron chi connectivity index (χ4n) is 4.79. The van der Waals surface area contributed by atoms with Gasteiger partial charge in [0.25, 0.3) is 0 Å². The van der Waals surface area contributed by atoms with Crippen LogP contribution in [0.25, 0.3) is 0 Å². The summed E-state index contributed by atoms with van der Waals surface area (Å²) in [5.74, 6) is -0.0715. The molecule has 25 heavy (non-hydrogen) atoms. The molecule has 4 bridgehead atoms. The quantitative estimate of drug-likeness (QED) is 0.769. The van der Waals surface area contributed by atoms with Gasteiger partial charge in [0.05, 0.1) is 11.5 Å². The zero-order valence-electron chi connectivity index (χ0n) is 14.5. The molecule has 2 saturated carbocycles. The first-order chi connectivity index (χ1) is 12.0. The summed E-state index contributed by atoms with van der Waals surface area (Å²) in [4.78, 5) is 24.5. The van der Waals surface area contributed by atoms with Gasteiger partial charge in [0.1, 0.15) is 12.7 Å². The molecule has 0 aromatic heterocycles. The summed E-state index contributed by atoms with van der Waals surface area (Å²) < 4.78 is 17.2. The Morgan fingerprint density at radius 2 is 2.04 bits per heavy atom. The number of fused-ring (bicyclic) bond motifs is 1. The third kappa shape index (κ3) is 3.43. The largest absolute Gasteiger partial charge is 0.462 e. The van der Waals surface area contributed by atoms with Crippen molar-refractivity contribution in [3.8, 4) is 0 Å². The van der Waals surface area contributed by atoms with Crippen molar-refractivity contribution in [1.82, 2.24) is 0 Å². The fraction of sp³-hybridized carbons (Fsp3) is 0.600. The Hall–Kier alpha value is -1.88. The number of ether oxygens (including phenoxy) is 3. The minimum atomic E-state index is -0.643. The van der Waals surface area contributed by atoms with Crippen LogP contribution in [0, 0.1) is 11.8 Å². The van der Waals surface area contributed by atoms with E-state index >= 15 is 0 Å². The van der Waals surface area contributed by atoms with Crippen molar-refractivity contribution >= 4 is 11.9 Å². The third-order valence-corrected chi connectivity index (χ3v) is 5.69. The van der Waals surface area contributed by atoms with Crippen LogP contribution in [-0.4, -0.2) is 29.7 Å². The van der Waals surface area contributed by atoms with Crippen LogP contribution in [-0.2, 0) is 30.4 Å². The van der Waals surface area contributed by atoms with E-state index in [2.05, 4.69) is 0 Å². The van der Waals surface area contributed by atoms with Gasteiger partial charge in [-0.25, -0.2) is 4.79 Å². The summed E-state index contributed by atoms with van der Waals surface area (Å²) in [6.45, 7) is 1.99. The molecule has 5 nitrogen and oxygen atoms in total. The second kappa shape index (κ2) is 6.45. The number of carbonyl (C=O) groups is 2. The molecule has 0 amide bonds. The Morgan fingerprint density at radius 3 is 2.84 bits per heavy atom. The zero-order chi connectivity index (χ0) is 17.4. The van der Waals surface area contributed by atoms with Crippen LogP contribution < -0.4 is 0 Å².